The average Bonchev–Trinajstić information content (AvgIpc) is 2.80. The van der Waals surface area contributed by atoms with Gasteiger partial charge in [-0.25, -0.2) is 9.82 Å². The predicted molar refractivity (Wildman–Crippen MR) is 115 cm³/mol. The fourth-order valence-electron chi connectivity index (χ4n) is 2.52. The molecule has 0 fully saturated rings. The minimum absolute atomic E-state index is 0.193. The summed E-state index contributed by atoms with van der Waals surface area (Å²) in [7, 11) is 1.53. The summed E-state index contributed by atoms with van der Waals surface area (Å²) in [5.41, 5.74) is 4.09. The molecule has 0 aliphatic heterocycles. The van der Waals surface area contributed by atoms with Crippen LogP contribution in [-0.4, -0.2) is 31.7 Å². The Labute approximate surface area is 178 Å². The van der Waals surface area contributed by atoms with Crippen molar-refractivity contribution in [2.45, 2.75) is 0 Å². The van der Waals surface area contributed by atoms with E-state index in [2.05, 4.69) is 15.8 Å². The molecule has 0 unspecified atom stereocenters. The number of carbonyl (C=O) groups excluding carboxylic acids is 2. The van der Waals surface area contributed by atoms with Crippen molar-refractivity contribution in [3.8, 4) is 11.5 Å². The highest BCUT2D eigenvalue weighted by Gasteiger charge is 2.06. The van der Waals surface area contributed by atoms with E-state index in [0.717, 1.165) is 5.56 Å². The number of hydrazone groups is 1. The minimum atomic E-state index is -0.377. The molecule has 3 rings (SSSR count). The number of carbonyl (C=O) groups is 2. The van der Waals surface area contributed by atoms with Crippen LogP contribution >= 0.6 is 0 Å². The van der Waals surface area contributed by atoms with Crippen LogP contribution in [0, 0.1) is 5.82 Å². The molecule has 0 aromatic heterocycles. The molecule has 158 valence electrons. The van der Waals surface area contributed by atoms with Crippen LogP contribution in [0.1, 0.15) is 15.9 Å². The first-order chi connectivity index (χ1) is 15.0. The molecule has 0 heterocycles. The molecule has 0 saturated heterocycles. The molecule has 2 amide bonds. The molecule has 0 atom stereocenters. The van der Waals surface area contributed by atoms with Gasteiger partial charge in [-0.1, -0.05) is 6.07 Å². The van der Waals surface area contributed by atoms with Gasteiger partial charge in [-0.3, -0.25) is 9.59 Å². The fraction of sp³-hybridized carbons (Fsp3) is 0.0870. The van der Waals surface area contributed by atoms with Crippen molar-refractivity contribution in [2.24, 2.45) is 5.10 Å². The van der Waals surface area contributed by atoms with E-state index in [9.17, 15) is 14.0 Å². The highest BCUT2D eigenvalue weighted by molar-refractivity contribution is 5.95. The quantitative estimate of drug-likeness (QED) is 0.430. The first-order valence-corrected chi connectivity index (χ1v) is 9.29. The second kappa shape index (κ2) is 10.5. The lowest BCUT2D eigenvalue weighted by Gasteiger charge is -2.07. The zero-order valence-corrected chi connectivity index (χ0v) is 16.7. The van der Waals surface area contributed by atoms with Gasteiger partial charge in [0, 0.05) is 11.3 Å². The molecule has 0 aliphatic carbocycles. The molecular formula is C23H20FN3O4. The summed E-state index contributed by atoms with van der Waals surface area (Å²) in [4.78, 5) is 24.0. The van der Waals surface area contributed by atoms with Crippen LogP contribution in [0.15, 0.2) is 77.9 Å². The lowest BCUT2D eigenvalue weighted by atomic mass is 10.2. The number of nitrogens with one attached hydrogen (secondary N) is 2. The van der Waals surface area contributed by atoms with E-state index in [0.29, 0.717) is 22.7 Å². The maximum atomic E-state index is 12.9. The first kappa shape index (κ1) is 21.5. The van der Waals surface area contributed by atoms with Gasteiger partial charge in [-0.05, 0) is 72.3 Å². The Morgan fingerprint density at radius 2 is 1.74 bits per heavy atom. The molecule has 0 saturated carbocycles. The van der Waals surface area contributed by atoms with Crippen molar-refractivity contribution in [1.82, 2.24) is 5.43 Å². The maximum Gasteiger partial charge on any atom is 0.271 e. The molecule has 0 bridgehead atoms. The maximum absolute atomic E-state index is 12.9. The lowest BCUT2D eigenvalue weighted by Crippen LogP contribution is -2.20. The van der Waals surface area contributed by atoms with Gasteiger partial charge in [0.2, 0.25) is 0 Å². The van der Waals surface area contributed by atoms with Crippen molar-refractivity contribution < 1.29 is 23.5 Å². The molecule has 0 spiro atoms. The van der Waals surface area contributed by atoms with Crippen LogP contribution in [0.3, 0.4) is 0 Å². The minimum Gasteiger partial charge on any atom is -0.497 e. The number of benzene rings is 3. The summed E-state index contributed by atoms with van der Waals surface area (Å²) < 4.78 is 23.4. The van der Waals surface area contributed by atoms with Crippen LogP contribution in [0.5, 0.6) is 11.5 Å². The molecule has 3 aromatic rings. The Morgan fingerprint density at radius 3 is 2.45 bits per heavy atom. The van der Waals surface area contributed by atoms with Gasteiger partial charge in [-0.15, -0.1) is 0 Å². The Bertz CT molecular complexity index is 1070. The third-order valence-corrected chi connectivity index (χ3v) is 4.09. The lowest BCUT2D eigenvalue weighted by molar-refractivity contribution is -0.118. The van der Waals surface area contributed by atoms with Crippen LogP contribution in [-0.2, 0) is 4.79 Å². The average molecular weight is 421 g/mol. The molecule has 0 aliphatic rings. The third-order valence-electron chi connectivity index (χ3n) is 4.09. The van der Waals surface area contributed by atoms with Crippen LogP contribution in [0.2, 0.25) is 0 Å². The molecule has 2 N–H and O–H groups in total. The Hall–Kier alpha value is -4.20. The van der Waals surface area contributed by atoms with E-state index in [-0.39, 0.29) is 24.2 Å². The molecule has 7 nitrogen and oxygen atoms in total. The van der Waals surface area contributed by atoms with Crippen molar-refractivity contribution in [3.05, 3.63) is 89.7 Å². The van der Waals surface area contributed by atoms with Crippen molar-refractivity contribution >= 4 is 23.7 Å². The highest BCUT2D eigenvalue weighted by atomic mass is 19.1. The SMILES string of the molecule is COc1cccc(C(=O)N/N=C\c2ccc(OCC(=O)Nc3ccc(F)cc3)cc2)c1. The summed E-state index contributed by atoms with van der Waals surface area (Å²) in [6.45, 7) is -0.193. The third kappa shape index (κ3) is 6.67. The van der Waals surface area contributed by atoms with Crippen molar-refractivity contribution in [2.75, 3.05) is 19.0 Å². The van der Waals surface area contributed by atoms with Crippen molar-refractivity contribution in [3.63, 3.8) is 0 Å². The standard InChI is InChI=1S/C23H20FN3O4/c1-30-21-4-2-3-17(13-21)23(29)27-25-14-16-5-11-20(12-6-16)31-15-22(28)26-19-9-7-18(24)8-10-19/h2-14H,15H2,1H3,(H,26,28)(H,27,29)/b25-14-. The van der Waals surface area contributed by atoms with E-state index in [1.165, 1.54) is 37.6 Å². The summed E-state index contributed by atoms with van der Waals surface area (Å²) >= 11 is 0. The van der Waals surface area contributed by atoms with E-state index in [1.54, 1.807) is 48.5 Å². The normalized spacial score (nSPS) is 10.5. The number of ether oxygens (including phenoxy) is 2. The Morgan fingerprint density at radius 1 is 1.00 bits per heavy atom. The Kier molecular flexibility index (Phi) is 7.31. The Balaban J connectivity index is 1.46. The number of halogens is 1. The number of anilines is 1. The van der Waals surface area contributed by atoms with E-state index in [1.807, 2.05) is 0 Å². The van der Waals surface area contributed by atoms with Gasteiger partial charge < -0.3 is 14.8 Å². The predicted octanol–water partition coefficient (Wildman–Crippen LogP) is 3.62. The van der Waals surface area contributed by atoms with E-state index >= 15 is 0 Å². The van der Waals surface area contributed by atoms with E-state index < -0.39 is 0 Å². The van der Waals surface area contributed by atoms with Gasteiger partial charge in [0.25, 0.3) is 11.8 Å². The monoisotopic (exact) mass is 421 g/mol. The second-order valence-corrected chi connectivity index (χ2v) is 6.34. The summed E-state index contributed by atoms with van der Waals surface area (Å²) in [6.07, 6.45) is 1.49. The zero-order valence-electron chi connectivity index (χ0n) is 16.7. The second-order valence-electron chi connectivity index (χ2n) is 6.34. The van der Waals surface area contributed by atoms with Gasteiger partial charge in [0.05, 0.1) is 13.3 Å². The largest absolute Gasteiger partial charge is 0.497 e. The zero-order chi connectivity index (χ0) is 22.1. The van der Waals surface area contributed by atoms with Crippen LogP contribution in [0.4, 0.5) is 10.1 Å². The van der Waals surface area contributed by atoms with Gasteiger partial charge in [0.1, 0.15) is 17.3 Å². The number of amides is 2. The van der Waals surface area contributed by atoms with Gasteiger partial charge in [0.15, 0.2) is 6.61 Å². The van der Waals surface area contributed by atoms with Crippen LogP contribution in [0.25, 0.3) is 0 Å². The fourth-order valence-corrected chi connectivity index (χ4v) is 2.52. The smallest absolute Gasteiger partial charge is 0.271 e. The highest BCUT2D eigenvalue weighted by Crippen LogP contribution is 2.13. The van der Waals surface area contributed by atoms with Gasteiger partial charge >= 0.3 is 0 Å². The van der Waals surface area contributed by atoms with E-state index in [4.69, 9.17) is 9.47 Å². The topological polar surface area (TPSA) is 89.0 Å². The first-order valence-electron chi connectivity index (χ1n) is 9.29. The van der Waals surface area contributed by atoms with Crippen LogP contribution < -0.4 is 20.2 Å². The number of nitrogens with zero attached hydrogens (tertiary/aromatic N) is 1. The number of hydrogen-bond acceptors (Lipinski definition) is 5. The number of methoxy groups -OCH3 is 1. The molecule has 8 heteroatoms. The molecule has 0 radical (unpaired) electrons. The number of rotatable bonds is 8. The molecular weight excluding hydrogens is 401 g/mol. The summed E-state index contributed by atoms with van der Waals surface area (Å²) in [5.74, 6) is -0.0251. The summed E-state index contributed by atoms with van der Waals surface area (Å²) in [5, 5.41) is 6.54. The molecule has 31 heavy (non-hydrogen) atoms. The van der Waals surface area contributed by atoms with Gasteiger partial charge in [-0.2, -0.15) is 5.10 Å². The number of hydrogen-bond donors (Lipinski definition) is 2. The van der Waals surface area contributed by atoms with Crippen molar-refractivity contribution in [1.29, 1.82) is 0 Å². The molecule has 3 aromatic carbocycles. The summed E-state index contributed by atoms with van der Waals surface area (Å²) in [6, 6.07) is 19.0.